The number of nitrogens with zero attached hydrogens (tertiary/aromatic N) is 1. The van der Waals surface area contributed by atoms with Crippen LogP contribution >= 0.6 is 11.8 Å². The summed E-state index contributed by atoms with van der Waals surface area (Å²) in [6.07, 6.45) is 6.66. The van der Waals surface area contributed by atoms with Crippen LogP contribution in [0.3, 0.4) is 0 Å². The molecule has 1 heterocycles. The van der Waals surface area contributed by atoms with Crippen molar-refractivity contribution < 1.29 is 0 Å². The largest absolute Gasteiger partial charge is 0.362 e. The lowest BCUT2D eigenvalue weighted by atomic mass is 9.87. The predicted octanol–water partition coefficient (Wildman–Crippen LogP) is 3.04. The highest BCUT2D eigenvalue weighted by Crippen LogP contribution is 2.26. The Morgan fingerprint density at radius 3 is 2.67 bits per heavy atom. The monoisotopic (exact) mass is 226 g/mol. The van der Waals surface area contributed by atoms with Gasteiger partial charge in [-0.3, -0.25) is 4.99 Å². The highest BCUT2D eigenvalue weighted by atomic mass is 32.2. The van der Waals surface area contributed by atoms with Crippen LogP contribution in [0, 0.1) is 5.92 Å². The molecule has 15 heavy (non-hydrogen) atoms. The van der Waals surface area contributed by atoms with Crippen LogP contribution in [0.1, 0.15) is 46.0 Å². The molecule has 0 aromatic heterocycles. The van der Waals surface area contributed by atoms with Gasteiger partial charge in [0, 0.05) is 11.3 Å². The van der Waals surface area contributed by atoms with E-state index in [1.54, 1.807) is 0 Å². The highest BCUT2D eigenvalue weighted by Gasteiger charge is 2.23. The minimum Gasteiger partial charge on any atom is -0.362 e. The van der Waals surface area contributed by atoms with Gasteiger partial charge in [0.05, 0.1) is 6.54 Å². The van der Waals surface area contributed by atoms with Crippen LogP contribution in [-0.2, 0) is 0 Å². The zero-order valence-electron chi connectivity index (χ0n) is 9.83. The topological polar surface area (TPSA) is 24.4 Å². The van der Waals surface area contributed by atoms with E-state index in [9.17, 15) is 0 Å². The molecule has 0 saturated heterocycles. The second-order valence-electron chi connectivity index (χ2n) is 4.90. The lowest BCUT2D eigenvalue weighted by molar-refractivity contribution is 0.332. The van der Waals surface area contributed by atoms with Crippen molar-refractivity contribution in [1.82, 2.24) is 5.32 Å². The number of nitrogens with one attached hydrogen (secondary N) is 1. The van der Waals surface area contributed by atoms with Crippen LogP contribution in [0.2, 0.25) is 0 Å². The van der Waals surface area contributed by atoms with Gasteiger partial charge in [-0.1, -0.05) is 25.6 Å². The molecule has 1 aliphatic carbocycles. The van der Waals surface area contributed by atoms with E-state index in [0.717, 1.165) is 17.7 Å². The maximum Gasteiger partial charge on any atom is 0.157 e. The zero-order valence-corrected chi connectivity index (χ0v) is 10.6. The summed E-state index contributed by atoms with van der Waals surface area (Å²) < 4.78 is 0. The van der Waals surface area contributed by atoms with E-state index >= 15 is 0 Å². The molecule has 2 aliphatic rings. The van der Waals surface area contributed by atoms with Crippen molar-refractivity contribution >= 4 is 16.9 Å². The molecule has 3 heteroatoms. The average molecular weight is 226 g/mol. The SMILES string of the molecule is CCC1CN=C(NC2CCC(C)CC2)S1. The first-order chi connectivity index (χ1) is 7.28. The molecule has 0 bridgehead atoms. The molecule has 2 nitrogen and oxygen atoms in total. The van der Waals surface area contributed by atoms with Crippen molar-refractivity contribution in [2.24, 2.45) is 10.9 Å². The molecule has 0 radical (unpaired) electrons. The van der Waals surface area contributed by atoms with E-state index < -0.39 is 0 Å². The summed E-state index contributed by atoms with van der Waals surface area (Å²) in [4.78, 5) is 4.57. The Morgan fingerprint density at radius 1 is 1.33 bits per heavy atom. The van der Waals surface area contributed by atoms with E-state index in [0.29, 0.717) is 6.04 Å². The second-order valence-corrected chi connectivity index (χ2v) is 6.18. The van der Waals surface area contributed by atoms with Crippen LogP contribution in [0.4, 0.5) is 0 Å². The number of thioether (sulfide) groups is 1. The van der Waals surface area contributed by atoms with Gasteiger partial charge in [-0.2, -0.15) is 0 Å². The van der Waals surface area contributed by atoms with E-state index in [-0.39, 0.29) is 0 Å². The van der Waals surface area contributed by atoms with Crippen LogP contribution in [0.5, 0.6) is 0 Å². The van der Waals surface area contributed by atoms with Gasteiger partial charge >= 0.3 is 0 Å². The van der Waals surface area contributed by atoms with E-state index in [2.05, 4.69) is 24.2 Å². The van der Waals surface area contributed by atoms with Crippen molar-refractivity contribution in [2.45, 2.75) is 57.2 Å². The summed E-state index contributed by atoms with van der Waals surface area (Å²) in [7, 11) is 0. The lowest BCUT2D eigenvalue weighted by Gasteiger charge is -2.27. The number of hydrogen-bond donors (Lipinski definition) is 1. The molecule has 86 valence electrons. The van der Waals surface area contributed by atoms with E-state index in [1.165, 1.54) is 37.3 Å². The van der Waals surface area contributed by atoms with Gasteiger partial charge in [-0.15, -0.1) is 0 Å². The first-order valence-corrected chi connectivity index (χ1v) is 7.13. The smallest absolute Gasteiger partial charge is 0.157 e. The Morgan fingerprint density at radius 2 is 2.07 bits per heavy atom. The van der Waals surface area contributed by atoms with E-state index in [1.807, 2.05) is 11.8 Å². The van der Waals surface area contributed by atoms with Crippen LogP contribution in [-0.4, -0.2) is 23.0 Å². The third-order valence-electron chi connectivity index (χ3n) is 3.52. The molecule has 0 spiro atoms. The summed E-state index contributed by atoms with van der Waals surface area (Å²) in [5.74, 6) is 0.935. The molecule has 1 fully saturated rings. The minimum atomic E-state index is 0.697. The molecule has 1 unspecified atom stereocenters. The lowest BCUT2D eigenvalue weighted by Crippen LogP contribution is -2.35. The Balaban J connectivity index is 1.74. The second kappa shape index (κ2) is 5.24. The first kappa shape index (κ1) is 11.3. The molecule has 0 amide bonds. The predicted molar refractivity (Wildman–Crippen MR) is 68.5 cm³/mol. The highest BCUT2D eigenvalue weighted by molar-refractivity contribution is 8.14. The Bertz CT molecular complexity index is 232. The Kier molecular flexibility index (Phi) is 3.95. The Labute approximate surface area is 97.3 Å². The van der Waals surface area contributed by atoms with Crippen molar-refractivity contribution in [1.29, 1.82) is 0 Å². The normalized spacial score (nSPS) is 36.4. The number of amidine groups is 1. The maximum atomic E-state index is 4.57. The fraction of sp³-hybridized carbons (Fsp3) is 0.917. The van der Waals surface area contributed by atoms with Crippen molar-refractivity contribution in [3.8, 4) is 0 Å². The van der Waals surface area contributed by atoms with Crippen LogP contribution < -0.4 is 5.32 Å². The summed E-state index contributed by atoms with van der Waals surface area (Å²) in [5, 5.41) is 5.56. The van der Waals surface area contributed by atoms with Crippen LogP contribution in [0.15, 0.2) is 4.99 Å². The van der Waals surface area contributed by atoms with Crippen LogP contribution in [0.25, 0.3) is 0 Å². The zero-order chi connectivity index (χ0) is 10.7. The molecule has 2 rings (SSSR count). The van der Waals surface area contributed by atoms with Gasteiger partial charge in [0.2, 0.25) is 0 Å². The Hall–Kier alpha value is -0.180. The van der Waals surface area contributed by atoms with Gasteiger partial charge in [-0.05, 0) is 38.0 Å². The molecule has 1 aliphatic heterocycles. The average Bonchev–Trinajstić information content (AvgIpc) is 2.69. The van der Waals surface area contributed by atoms with Crippen molar-refractivity contribution in [3.63, 3.8) is 0 Å². The standard InChI is InChI=1S/C12H22N2S/c1-3-11-8-13-12(15-11)14-10-6-4-9(2)5-7-10/h9-11H,3-8H2,1-2H3,(H,13,14). The molecule has 0 aromatic rings. The van der Waals surface area contributed by atoms with Gasteiger partial charge in [0.15, 0.2) is 5.17 Å². The summed E-state index contributed by atoms with van der Waals surface area (Å²) in [5.41, 5.74) is 0. The van der Waals surface area contributed by atoms with Crippen molar-refractivity contribution in [3.05, 3.63) is 0 Å². The number of rotatable bonds is 2. The van der Waals surface area contributed by atoms with Gasteiger partial charge in [-0.25, -0.2) is 0 Å². The molecule has 1 saturated carbocycles. The third-order valence-corrected chi connectivity index (χ3v) is 4.80. The fourth-order valence-electron chi connectivity index (χ4n) is 2.29. The van der Waals surface area contributed by atoms with Gasteiger partial charge in [0.1, 0.15) is 0 Å². The maximum absolute atomic E-state index is 4.57. The fourth-order valence-corrected chi connectivity index (χ4v) is 3.30. The molecule has 1 atom stereocenters. The molecule has 1 N–H and O–H groups in total. The quantitative estimate of drug-likeness (QED) is 0.782. The van der Waals surface area contributed by atoms with Gasteiger partial charge < -0.3 is 5.32 Å². The molecule has 0 aromatic carbocycles. The summed E-state index contributed by atoms with van der Waals surface area (Å²) >= 11 is 1.94. The minimum absolute atomic E-state index is 0.697. The summed E-state index contributed by atoms with van der Waals surface area (Å²) in [6.45, 7) is 5.64. The first-order valence-electron chi connectivity index (χ1n) is 6.25. The van der Waals surface area contributed by atoms with E-state index in [4.69, 9.17) is 0 Å². The molecular formula is C12H22N2S. The molecular weight excluding hydrogens is 204 g/mol. The number of hydrogen-bond acceptors (Lipinski definition) is 3. The summed E-state index contributed by atoms with van der Waals surface area (Å²) in [6, 6.07) is 0.697. The number of aliphatic imine (C=N–C) groups is 1. The van der Waals surface area contributed by atoms with Crippen molar-refractivity contribution in [2.75, 3.05) is 6.54 Å². The third kappa shape index (κ3) is 3.13. The van der Waals surface area contributed by atoms with Gasteiger partial charge in [0.25, 0.3) is 0 Å².